The Morgan fingerprint density at radius 1 is 1.10 bits per heavy atom. The third-order valence-corrected chi connectivity index (χ3v) is 2.97. The van der Waals surface area contributed by atoms with Crippen LogP contribution in [-0.4, -0.2) is 11.5 Å². The van der Waals surface area contributed by atoms with Crippen LogP contribution in [0.25, 0.3) is 0 Å². The van der Waals surface area contributed by atoms with Crippen molar-refractivity contribution in [3.63, 3.8) is 0 Å². The molecule has 0 fully saturated rings. The summed E-state index contributed by atoms with van der Waals surface area (Å²) in [5.74, 6) is 0. The lowest BCUT2D eigenvalue weighted by molar-refractivity contribution is -0.138. The van der Waals surface area contributed by atoms with Crippen molar-refractivity contribution >= 4 is 0 Å². The highest BCUT2D eigenvalue weighted by molar-refractivity contribution is 5.36. The van der Waals surface area contributed by atoms with Crippen LogP contribution in [0.15, 0.2) is 48.7 Å². The molecule has 1 unspecified atom stereocenters. The van der Waals surface area contributed by atoms with Gasteiger partial charge in [0.05, 0.1) is 17.3 Å². The van der Waals surface area contributed by atoms with Gasteiger partial charge in [-0.1, -0.05) is 31.2 Å². The molecule has 1 aromatic heterocycles. The second-order valence-corrected chi connectivity index (χ2v) is 4.33. The lowest BCUT2D eigenvalue weighted by Crippen LogP contribution is -2.25. The molecule has 5 heteroatoms. The van der Waals surface area contributed by atoms with Gasteiger partial charge in [0.25, 0.3) is 0 Å². The summed E-state index contributed by atoms with van der Waals surface area (Å²) in [6.07, 6.45) is -2.80. The van der Waals surface area contributed by atoms with E-state index in [2.05, 4.69) is 10.3 Å². The van der Waals surface area contributed by atoms with Gasteiger partial charge in [0.2, 0.25) is 0 Å². The molecule has 1 N–H and O–H groups in total. The zero-order chi connectivity index (χ0) is 14.6. The van der Waals surface area contributed by atoms with E-state index in [4.69, 9.17) is 0 Å². The van der Waals surface area contributed by atoms with Gasteiger partial charge < -0.3 is 5.32 Å². The first-order chi connectivity index (χ1) is 9.54. The van der Waals surface area contributed by atoms with Crippen LogP contribution in [0, 0.1) is 0 Å². The largest absolute Gasteiger partial charge is 0.416 e. The summed E-state index contributed by atoms with van der Waals surface area (Å²) in [6, 6.07) is 10.3. The molecule has 1 aromatic carbocycles. The Kier molecular flexibility index (Phi) is 4.39. The quantitative estimate of drug-likeness (QED) is 0.921. The second-order valence-electron chi connectivity index (χ2n) is 4.33. The summed E-state index contributed by atoms with van der Waals surface area (Å²) in [5.41, 5.74) is 0.142. The van der Waals surface area contributed by atoms with Gasteiger partial charge in [0, 0.05) is 6.20 Å². The van der Waals surface area contributed by atoms with Crippen LogP contribution in [0.2, 0.25) is 0 Å². The number of nitrogens with one attached hydrogen (secondary N) is 1. The van der Waals surface area contributed by atoms with Crippen molar-refractivity contribution in [1.29, 1.82) is 0 Å². The minimum atomic E-state index is -4.38. The van der Waals surface area contributed by atoms with Crippen molar-refractivity contribution in [2.75, 3.05) is 6.54 Å². The van der Waals surface area contributed by atoms with E-state index in [1.165, 1.54) is 12.1 Å². The average Bonchev–Trinajstić information content (AvgIpc) is 2.45. The highest BCUT2D eigenvalue weighted by Gasteiger charge is 2.35. The van der Waals surface area contributed by atoms with Crippen LogP contribution in [0.1, 0.15) is 29.8 Å². The summed E-state index contributed by atoms with van der Waals surface area (Å²) in [7, 11) is 0. The number of rotatable bonds is 4. The van der Waals surface area contributed by atoms with E-state index in [9.17, 15) is 13.2 Å². The number of hydrogen-bond donors (Lipinski definition) is 1. The van der Waals surface area contributed by atoms with Gasteiger partial charge in [-0.15, -0.1) is 0 Å². The number of nitrogens with zero attached hydrogens (tertiary/aromatic N) is 1. The van der Waals surface area contributed by atoms with Crippen molar-refractivity contribution in [3.8, 4) is 0 Å². The van der Waals surface area contributed by atoms with E-state index in [0.29, 0.717) is 12.2 Å². The van der Waals surface area contributed by atoms with Crippen molar-refractivity contribution < 1.29 is 13.2 Å². The number of benzene rings is 1. The molecule has 0 aliphatic carbocycles. The Morgan fingerprint density at radius 3 is 2.40 bits per heavy atom. The SMILES string of the molecule is CCNC(c1ccccn1)c1ccccc1C(F)(F)F. The molecule has 2 rings (SSSR count). The first-order valence-electron chi connectivity index (χ1n) is 6.34. The fourth-order valence-corrected chi connectivity index (χ4v) is 2.13. The molecule has 0 amide bonds. The van der Waals surface area contributed by atoms with E-state index in [-0.39, 0.29) is 5.56 Å². The first-order valence-corrected chi connectivity index (χ1v) is 6.34. The summed E-state index contributed by atoms with van der Waals surface area (Å²) < 4.78 is 39.3. The zero-order valence-electron chi connectivity index (χ0n) is 11.0. The molecule has 0 aliphatic heterocycles. The van der Waals surface area contributed by atoms with E-state index < -0.39 is 17.8 Å². The number of hydrogen-bond acceptors (Lipinski definition) is 2. The molecule has 20 heavy (non-hydrogen) atoms. The third-order valence-electron chi connectivity index (χ3n) is 2.97. The van der Waals surface area contributed by atoms with Crippen molar-refractivity contribution in [1.82, 2.24) is 10.3 Å². The van der Waals surface area contributed by atoms with Crippen molar-refractivity contribution in [2.45, 2.75) is 19.1 Å². The number of pyridine rings is 1. The van der Waals surface area contributed by atoms with Crippen molar-refractivity contribution in [3.05, 3.63) is 65.5 Å². The minimum absolute atomic E-state index is 0.195. The molecule has 2 nitrogen and oxygen atoms in total. The fourth-order valence-electron chi connectivity index (χ4n) is 2.13. The van der Waals surface area contributed by atoms with Gasteiger partial charge in [-0.3, -0.25) is 4.98 Å². The molecule has 0 radical (unpaired) electrons. The van der Waals surface area contributed by atoms with Gasteiger partial charge in [-0.05, 0) is 30.3 Å². The molecule has 0 saturated heterocycles. The summed E-state index contributed by atoms with van der Waals surface area (Å²) in [4.78, 5) is 4.17. The lowest BCUT2D eigenvalue weighted by atomic mass is 9.97. The molecule has 106 valence electrons. The highest BCUT2D eigenvalue weighted by atomic mass is 19.4. The minimum Gasteiger partial charge on any atom is -0.305 e. The second kappa shape index (κ2) is 6.05. The fraction of sp³-hybridized carbons (Fsp3) is 0.267. The summed E-state index contributed by atoms with van der Waals surface area (Å²) in [6.45, 7) is 2.40. The molecule has 2 aromatic rings. The number of alkyl halides is 3. The van der Waals surface area contributed by atoms with Gasteiger partial charge >= 0.3 is 6.18 Å². The van der Waals surface area contributed by atoms with Gasteiger partial charge in [-0.2, -0.15) is 13.2 Å². The van der Waals surface area contributed by atoms with Crippen LogP contribution in [0.5, 0.6) is 0 Å². The molecule has 0 spiro atoms. The summed E-state index contributed by atoms with van der Waals surface area (Å²) >= 11 is 0. The maximum absolute atomic E-state index is 13.1. The van der Waals surface area contributed by atoms with Crippen LogP contribution in [-0.2, 0) is 6.18 Å². The predicted octanol–water partition coefficient (Wildman–Crippen LogP) is 3.80. The Balaban J connectivity index is 2.51. The Morgan fingerprint density at radius 2 is 1.80 bits per heavy atom. The van der Waals surface area contributed by atoms with Gasteiger partial charge in [0.1, 0.15) is 0 Å². The Bertz CT molecular complexity index is 553. The monoisotopic (exact) mass is 280 g/mol. The first kappa shape index (κ1) is 14.5. The van der Waals surface area contributed by atoms with Crippen LogP contribution in [0.4, 0.5) is 13.2 Å². The average molecular weight is 280 g/mol. The molecule has 1 atom stereocenters. The Labute approximate surface area is 115 Å². The smallest absolute Gasteiger partial charge is 0.305 e. The molecular formula is C15H15F3N2. The van der Waals surface area contributed by atoms with Gasteiger partial charge in [0.15, 0.2) is 0 Å². The lowest BCUT2D eigenvalue weighted by Gasteiger charge is -2.22. The third kappa shape index (κ3) is 3.17. The molecule has 0 saturated carbocycles. The molecule has 1 heterocycles. The molecule has 0 bridgehead atoms. The standard InChI is InChI=1S/C15H15F3N2/c1-2-19-14(13-9-5-6-10-20-13)11-7-3-4-8-12(11)15(16,17)18/h3-10,14,19H,2H2,1H3. The van der Waals surface area contributed by atoms with Crippen LogP contribution < -0.4 is 5.32 Å². The maximum atomic E-state index is 13.1. The van der Waals surface area contributed by atoms with E-state index >= 15 is 0 Å². The van der Waals surface area contributed by atoms with Crippen LogP contribution >= 0.6 is 0 Å². The Hall–Kier alpha value is -1.88. The molecular weight excluding hydrogens is 265 g/mol. The normalized spacial score (nSPS) is 13.2. The summed E-state index contributed by atoms with van der Waals surface area (Å²) in [5, 5.41) is 3.07. The predicted molar refractivity (Wildman–Crippen MR) is 71.2 cm³/mol. The van der Waals surface area contributed by atoms with E-state index in [1.807, 2.05) is 6.92 Å². The van der Waals surface area contributed by atoms with Gasteiger partial charge in [-0.25, -0.2) is 0 Å². The topological polar surface area (TPSA) is 24.9 Å². The molecule has 0 aliphatic rings. The van der Waals surface area contributed by atoms with E-state index in [1.54, 1.807) is 30.5 Å². The van der Waals surface area contributed by atoms with Crippen LogP contribution in [0.3, 0.4) is 0 Å². The van der Waals surface area contributed by atoms with Crippen molar-refractivity contribution in [2.24, 2.45) is 0 Å². The van der Waals surface area contributed by atoms with E-state index in [0.717, 1.165) is 6.07 Å². The highest BCUT2D eigenvalue weighted by Crippen LogP contribution is 2.35. The zero-order valence-corrected chi connectivity index (χ0v) is 11.0. The number of halogens is 3. The number of aromatic nitrogens is 1. The maximum Gasteiger partial charge on any atom is 0.416 e.